The molecular formula is C18H17BrN2O3. The highest BCUT2D eigenvalue weighted by Crippen LogP contribution is 2.27. The lowest BCUT2D eigenvalue weighted by Gasteiger charge is -2.12. The van der Waals surface area contributed by atoms with Crippen LogP contribution in [0.4, 0.5) is 11.4 Å². The molecule has 0 bridgehead atoms. The average Bonchev–Trinajstić information content (AvgIpc) is 2.55. The van der Waals surface area contributed by atoms with Crippen molar-refractivity contribution in [2.75, 3.05) is 17.2 Å². The second kappa shape index (κ2) is 8.31. The van der Waals surface area contributed by atoms with Crippen molar-refractivity contribution in [3.8, 4) is 5.75 Å². The maximum Gasteiger partial charge on any atom is 0.259 e. The maximum atomic E-state index is 12.5. The lowest BCUT2D eigenvalue weighted by atomic mass is 10.2. The molecule has 0 saturated carbocycles. The first kappa shape index (κ1) is 17.7. The summed E-state index contributed by atoms with van der Waals surface area (Å²) in [6.45, 7) is 5.35. The molecule has 0 fully saturated rings. The second-order valence-corrected chi connectivity index (χ2v) is 5.78. The Morgan fingerprint density at radius 3 is 2.62 bits per heavy atom. The molecule has 0 heterocycles. The van der Waals surface area contributed by atoms with Crippen molar-refractivity contribution >= 4 is 39.1 Å². The fourth-order valence-corrected chi connectivity index (χ4v) is 2.49. The Bertz CT molecular complexity index is 775. The van der Waals surface area contributed by atoms with Gasteiger partial charge in [-0.25, -0.2) is 0 Å². The fraction of sp³-hybridized carbons (Fsp3) is 0.111. The van der Waals surface area contributed by atoms with E-state index in [1.54, 1.807) is 48.5 Å². The smallest absolute Gasteiger partial charge is 0.259 e. The monoisotopic (exact) mass is 388 g/mol. The van der Waals surface area contributed by atoms with Crippen LogP contribution in [0.25, 0.3) is 0 Å². The molecule has 6 heteroatoms. The van der Waals surface area contributed by atoms with Crippen LogP contribution >= 0.6 is 15.9 Å². The van der Waals surface area contributed by atoms with Gasteiger partial charge in [0.05, 0.1) is 11.3 Å². The number of amides is 2. The standard InChI is InChI=1S/C18H17BrN2O3/c1-3-10-24-17-7-5-4-6-14(17)18(23)21-16-9-8-13(11-15(16)19)20-12(2)22/h3-9,11H,1,10H2,2H3,(H,20,22)(H,21,23). The summed E-state index contributed by atoms with van der Waals surface area (Å²) in [7, 11) is 0. The lowest BCUT2D eigenvalue weighted by molar-refractivity contribution is -0.114. The van der Waals surface area contributed by atoms with Crippen LogP contribution in [0.5, 0.6) is 5.75 Å². The lowest BCUT2D eigenvalue weighted by Crippen LogP contribution is -2.14. The minimum absolute atomic E-state index is 0.160. The van der Waals surface area contributed by atoms with Crippen molar-refractivity contribution < 1.29 is 14.3 Å². The van der Waals surface area contributed by atoms with Gasteiger partial charge < -0.3 is 15.4 Å². The Morgan fingerprint density at radius 2 is 1.96 bits per heavy atom. The minimum Gasteiger partial charge on any atom is -0.489 e. The molecule has 0 aliphatic carbocycles. The number of ether oxygens (including phenoxy) is 1. The van der Waals surface area contributed by atoms with E-state index in [1.807, 2.05) is 0 Å². The number of nitrogens with one attached hydrogen (secondary N) is 2. The molecule has 0 spiro atoms. The van der Waals surface area contributed by atoms with E-state index >= 15 is 0 Å². The number of benzene rings is 2. The Labute approximate surface area is 148 Å². The molecule has 0 radical (unpaired) electrons. The maximum absolute atomic E-state index is 12.5. The molecule has 2 aromatic rings. The highest BCUT2D eigenvalue weighted by molar-refractivity contribution is 9.10. The summed E-state index contributed by atoms with van der Waals surface area (Å²) >= 11 is 3.39. The predicted octanol–water partition coefficient (Wildman–Crippen LogP) is 4.22. The van der Waals surface area contributed by atoms with Crippen molar-refractivity contribution in [1.82, 2.24) is 0 Å². The summed E-state index contributed by atoms with van der Waals surface area (Å²) in [5.74, 6) is 0.0375. The topological polar surface area (TPSA) is 67.4 Å². The number of hydrogen-bond acceptors (Lipinski definition) is 3. The van der Waals surface area contributed by atoms with E-state index in [1.165, 1.54) is 6.92 Å². The Balaban J connectivity index is 2.18. The van der Waals surface area contributed by atoms with Gasteiger partial charge in [-0.15, -0.1) is 0 Å². The first-order valence-corrected chi connectivity index (χ1v) is 8.01. The van der Waals surface area contributed by atoms with E-state index in [0.29, 0.717) is 33.8 Å². The Kier molecular flexibility index (Phi) is 6.14. The first-order chi connectivity index (χ1) is 11.5. The molecule has 2 aromatic carbocycles. The fourth-order valence-electron chi connectivity index (χ4n) is 2.02. The highest BCUT2D eigenvalue weighted by atomic mass is 79.9. The Hall–Kier alpha value is -2.60. The third-order valence-corrected chi connectivity index (χ3v) is 3.68. The van der Waals surface area contributed by atoms with Gasteiger partial charge in [-0.2, -0.15) is 0 Å². The molecule has 0 aromatic heterocycles. The summed E-state index contributed by atoms with van der Waals surface area (Å²) in [5, 5.41) is 5.50. The van der Waals surface area contributed by atoms with Gasteiger partial charge in [0.25, 0.3) is 5.91 Å². The van der Waals surface area contributed by atoms with E-state index in [2.05, 4.69) is 33.1 Å². The molecule has 0 unspecified atom stereocenters. The number of para-hydroxylation sites is 1. The molecule has 0 aliphatic heterocycles. The zero-order valence-corrected chi connectivity index (χ0v) is 14.7. The van der Waals surface area contributed by atoms with Crippen molar-refractivity contribution in [1.29, 1.82) is 0 Å². The number of carbonyl (C=O) groups is 2. The SMILES string of the molecule is C=CCOc1ccccc1C(=O)Nc1ccc(NC(C)=O)cc1Br. The van der Waals surface area contributed by atoms with Gasteiger partial charge >= 0.3 is 0 Å². The summed E-state index contributed by atoms with van der Waals surface area (Å²) in [4.78, 5) is 23.6. The van der Waals surface area contributed by atoms with Crippen LogP contribution < -0.4 is 15.4 Å². The van der Waals surface area contributed by atoms with Gasteiger partial charge in [-0.1, -0.05) is 24.8 Å². The number of carbonyl (C=O) groups excluding carboxylic acids is 2. The van der Waals surface area contributed by atoms with E-state index in [9.17, 15) is 9.59 Å². The molecule has 5 nitrogen and oxygen atoms in total. The van der Waals surface area contributed by atoms with Crippen LogP contribution in [-0.4, -0.2) is 18.4 Å². The minimum atomic E-state index is -0.289. The van der Waals surface area contributed by atoms with Crippen molar-refractivity contribution in [3.05, 3.63) is 65.2 Å². The van der Waals surface area contributed by atoms with Gasteiger partial charge in [0.2, 0.25) is 5.91 Å². The van der Waals surface area contributed by atoms with Gasteiger partial charge in [-0.3, -0.25) is 9.59 Å². The van der Waals surface area contributed by atoms with Crippen LogP contribution in [0.1, 0.15) is 17.3 Å². The third-order valence-electron chi connectivity index (χ3n) is 3.03. The molecule has 0 atom stereocenters. The van der Waals surface area contributed by atoms with Crippen LogP contribution in [0, 0.1) is 0 Å². The first-order valence-electron chi connectivity index (χ1n) is 7.22. The molecular weight excluding hydrogens is 372 g/mol. The van der Waals surface area contributed by atoms with E-state index < -0.39 is 0 Å². The number of rotatable bonds is 6. The molecule has 0 aliphatic rings. The molecule has 0 saturated heterocycles. The summed E-state index contributed by atoms with van der Waals surface area (Å²) in [6, 6.07) is 12.1. The summed E-state index contributed by atoms with van der Waals surface area (Å²) in [6.07, 6.45) is 1.62. The largest absolute Gasteiger partial charge is 0.489 e. The van der Waals surface area contributed by atoms with Gasteiger partial charge in [0.15, 0.2) is 0 Å². The zero-order valence-electron chi connectivity index (χ0n) is 13.1. The second-order valence-electron chi connectivity index (χ2n) is 4.93. The normalized spacial score (nSPS) is 9.92. The summed E-state index contributed by atoms with van der Waals surface area (Å²) < 4.78 is 6.16. The van der Waals surface area contributed by atoms with Crippen LogP contribution in [0.2, 0.25) is 0 Å². The Morgan fingerprint density at radius 1 is 1.21 bits per heavy atom. The van der Waals surface area contributed by atoms with Crippen LogP contribution in [0.15, 0.2) is 59.6 Å². The molecule has 2 N–H and O–H groups in total. The molecule has 2 amide bonds. The van der Waals surface area contributed by atoms with Crippen molar-refractivity contribution in [2.45, 2.75) is 6.92 Å². The average molecular weight is 389 g/mol. The predicted molar refractivity (Wildman–Crippen MR) is 98.5 cm³/mol. The quantitative estimate of drug-likeness (QED) is 0.727. The van der Waals surface area contributed by atoms with Gasteiger partial charge in [0, 0.05) is 17.1 Å². The molecule has 24 heavy (non-hydrogen) atoms. The molecule has 2 rings (SSSR count). The van der Waals surface area contributed by atoms with Crippen LogP contribution in [0.3, 0.4) is 0 Å². The zero-order chi connectivity index (χ0) is 17.5. The summed E-state index contributed by atoms with van der Waals surface area (Å²) in [5.41, 5.74) is 1.66. The number of halogens is 1. The highest BCUT2D eigenvalue weighted by Gasteiger charge is 2.13. The van der Waals surface area contributed by atoms with Crippen molar-refractivity contribution in [2.24, 2.45) is 0 Å². The molecule has 124 valence electrons. The van der Waals surface area contributed by atoms with E-state index in [0.717, 1.165) is 0 Å². The number of anilines is 2. The van der Waals surface area contributed by atoms with Crippen molar-refractivity contribution in [3.63, 3.8) is 0 Å². The van der Waals surface area contributed by atoms with Gasteiger partial charge in [-0.05, 0) is 46.3 Å². The van der Waals surface area contributed by atoms with Gasteiger partial charge in [0.1, 0.15) is 12.4 Å². The van der Waals surface area contributed by atoms with E-state index in [4.69, 9.17) is 4.74 Å². The number of hydrogen-bond donors (Lipinski definition) is 2. The third kappa shape index (κ3) is 4.70. The van der Waals surface area contributed by atoms with E-state index in [-0.39, 0.29) is 11.8 Å². The van der Waals surface area contributed by atoms with Crippen LogP contribution in [-0.2, 0) is 4.79 Å².